The second-order valence-corrected chi connectivity index (χ2v) is 5.57. The Balaban J connectivity index is 1.94. The Bertz CT molecular complexity index is 543. The average molecular weight is 310 g/mol. The average Bonchev–Trinajstić information content (AvgIpc) is 3.14. The largest absolute Gasteiger partial charge is 0.468 e. The molecule has 1 amide bonds. The molecule has 94 valence electrons. The summed E-state index contributed by atoms with van der Waals surface area (Å²) in [5.74, 6) is -0.0592. The number of hydrogen-bond donors (Lipinski definition) is 0. The number of methoxy groups -OCH3 is 1. The van der Waals surface area contributed by atoms with Crippen molar-refractivity contribution in [1.29, 1.82) is 0 Å². The number of rotatable bonds is 2. The molecule has 2 aliphatic rings. The van der Waals surface area contributed by atoms with Crippen LogP contribution in [0.1, 0.15) is 28.3 Å². The number of halogens is 1. The van der Waals surface area contributed by atoms with Crippen LogP contribution in [0.5, 0.6) is 0 Å². The van der Waals surface area contributed by atoms with Gasteiger partial charge in [-0.1, -0.05) is 15.9 Å². The van der Waals surface area contributed by atoms with E-state index in [0.717, 1.165) is 16.5 Å². The van der Waals surface area contributed by atoms with Crippen LogP contribution in [0.3, 0.4) is 0 Å². The molecule has 1 heterocycles. The second-order valence-electron chi connectivity index (χ2n) is 4.65. The fraction of sp³-hybridized carbons (Fsp3) is 0.385. The molecule has 1 fully saturated rings. The smallest absolute Gasteiger partial charge is 0.325 e. The minimum atomic E-state index is -0.366. The predicted octanol–water partition coefficient (Wildman–Crippen LogP) is 1.93. The van der Waals surface area contributed by atoms with E-state index in [4.69, 9.17) is 0 Å². The molecule has 1 saturated carbocycles. The Hall–Kier alpha value is -1.36. The van der Waals surface area contributed by atoms with Crippen molar-refractivity contribution in [2.24, 2.45) is 0 Å². The highest BCUT2D eigenvalue weighted by atomic mass is 79.9. The predicted molar refractivity (Wildman–Crippen MR) is 68.3 cm³/mol. The first-order valence-corrected chi connectivity index (χ1v) is 6.58. The van der Waals surface area contributed by atoms with E-state index in [9.17, 15) is 9.59 Å². The highest BCUT2D eigenvalue weighted by Gasteiger charge is 2.51. The van der Waals surface area contributed by atoms with Gasteiger partial charge in [0.2, 0.25) is 0 Å². The molecule has 3 rings (SSSR count). The van der Waals surface area contributed by atoms with Crippen LogP contribution < -0.4 is 0 Å². The van der Waals surface area contributed by atoms with Gasteiger partial charge in [0.1, 0.15) is 6.54 Å². The fourth-order valence-electron chi connectivity index (χ4n) is 2.59. The van der Waals surface area contributed by atoms with Crippen molar-refractivity contribution >= 4 is 27.8 Å². The van der Waals surface area contributed by atoms with Crippen molar-refractivity contribution in [2.45, 2.75) is 18.4 Å². The number of amides is 1. The molecule has 0 saturated heterocycles. The summed E-state index contributed by atoms with van der Waals surface area (Å²) in [6, 6.07) is 5.85. The van der Waals surface area contributed by atoms with E-state index in [1.807, 2.05) is 18.2 Å². The molecule has 2 atom stereocenters. The molecule has 1 aromatic rings. The van der Waals surface area contributed by atoms with Gasteiger partial charge in [0, 0.05) is 22.0 Å². The molecule has 0 spiro atoms. The summed E-state index contributed by atoms with van der Waals surface area (Å²) in [6.07, 6.45) is 0.937. The van der Waals surface area contributed by atoms with Crippen molar-refractivity contribution in [3.05, 3.63) is 33.8 Å². The van der Waals surface area contributed by atoms with Crippen LogP contribution in [-0.2, 0) is 9.53 Å². The highest BCUT2D eigenvalue weighted by molar-refractivity contribution is 9.10. The van der Waals surface area contributed by atoms with Gasteiger partial charge in [0.25, 0.3) is 5.91 Å². The van der Waals surface area contributed by atoms with Gasteiger partial charge in [-0.15, -0.1) is 0 Å². The summed E-state index contributed by atoms with van der Waals surface area (Å²) >= 11 is 3.42. The zero-order valence-corrected chi connectivity index (χ0v) is 11.4. The van der Waals surface area contributed by atoms with E-state index in [0.29, 0.717) is 11.5 Å². The Kier molecular flexibility index (Phi) is 2.66. The van der Waals surface area contributed by atoms with Gasteiger partial charge in [0.05, 0.1) is 7.11 Å². The normalized spacial score (nSPS) is 24.3. The van der Waals surface area contributed by atoms with Crippen LogP contribution in [0.15, 0.2) is 22.7 Å². The summed E-state index contributed by atoms with van der Waals surface area (Å²) in [5, 5.41) is 0. The van der Waals surface area contributed by atoms with Gasteiger partial charge >= 0.3 is 5.97 Å². The number of carbonyl (C=O) groups is 2. The van der Waals surface area contributed by atoms with Crippen molar-refractivity contribution in [2.75, 3.05) is 13.7 Å². The fourth-order valence-corrected chi connectivity index (χ4v) is 2.97. The van der Waals surface area contributed by atoms with Crippen LogP contribution in [0, 0.1) is 0 Å². The third-order valence-corrected chi connectivity index (χ3v) is 4.08. The molecule has 0 radical (unpaired) electrons. The van der Waals surface area contributed by atoms with Crippen molar-refractivity contribution < 1.29 is 14.3 Å². The van der Waals surface area contributed by atoms with Gasteiger partial charge in [-0.25, -0.2) is 0 Å². The van der Waals surface area contributed by atoms with Crippen molar-refractivity contribution in [3.63, 3.8) is 0 Å². The maximum absolute atomic E-state index is 12.3. The molecule has 1 aliphatic carbocycles. The number of hydrogen-bond acceptors (Lipinski definition) is 3. The lowest BCUT2D eigenvalue weighted by Gasteiger charge is -2.27. The maximum Gasteiger partial charge on any atom is 0.325 e. The molecule has 1 aliphatic heterocycles. The summed E-state index contributed by atoms with van der Waals surface area (Å²) in [6.45, 7) is 0.0476. The van der Waals surface area contributed by atoms with Crippen molar-refractivity contribution in [3.8, 4) is 0 Å². The first-order valence-electron chi connectivity index (χ1n) is 5.79. The summed E-state index contributed by atoms with van der Waals surface area (Å²) in [5.41, 5.74) is 1.81. The van der Waals surface area contributed by atoms with Crippen LogP contribution in [0.4, 0.5) is 0 Å². The van der Waals surface area contributed by atoms with E-state index >= 15 is 0 Å². The zero-order chi connectivity index (χ0) is 12.9. The topological polar surface area (TPSA) is 46.6 Å². The number of benzene rings is 1. The van der Waals surface area contributed by atoms with Crippen LogP contribution in [-0.4, -0.2) is 36.5 Å². The zero-order valence-electron chi connectivity index (χ0n) is 9.85. The Morgan fingerprint density at radius 3 is 3.06 bits per heavy atom. The minimum Gasteiger partial charge on any atom is -0.468 e. The molecule has 0 N–H and O–H groups in total. The quantitative estimate of drug-likeness (QED) is 0.784. The SMILES string of the molecule is COC(=O)CN1C(=O)c2ccc(Br)cc2[C@H]2C[C@H]21. The van der Waals surface area contributed by atoms with Crippen LogP contribution in [0.2, 0.25) is 0 Å². The standard InChI is InChI=1S/C13H12BrNO3/c1-18-12(16)6-15-11-5-10(11)9-4-7(14)2-3-8(9)13(15)17/h2-4,10-11H,5-6H2,1H3/t10-,11-/m1/s1. The first-order chi connectivity index (χ1) is 8.61. The molecule has 0 aromatic heterocycles. The first kappa shape index (κ1) is 11.7. The molecule has 4 nitrogen and oxygen atoms in total. The van der Waals surface area contributed by atoms with Gasteiger partial charge < -0.3 is 9.64 Å². The summed E-state index contributed by atoms with van der Waals surface area (Å²) in [4.78, 5) is 25.3. The second kappa shape index (κ2) is 4.09. The van der Waals surface area contributed by atoms with Gasteiger partial charge in [-0.3, -0.25) is 9.59 Å². The van der Waals surface area contributed by atoms with Crippen molar-refractivity contribution in [1.82, 2.24) is 4.90 Å². The minimum absolute atomic E-state index is 0.0476. The van der Waals surface area contributed by atoms with E-state index in [-0.39, 0.29) is 24.5 Å². The summed E-state index contributed by atoms with van der Waals surface area (Å²) in [7, 11) is 1.34. The molecule has 1 aromatic carbocycles. The van der Waals surface area contributed by atoms with Crippen LogP contribution >= 0.6 is 15.9 Å². The Morgan fingerprint density at radius 1 is 1.56 bits per heavy atom. The third kappa shape index (κ3) is 1.73. The Morgan fingerprint density at radius 2 is 2.33 bits per heavy atom. The van der Waals surface area contributed by atoms with Gasteiger partial charge in [-0.2, -0.15) is 0 Å². The van der Waals surface area contributed by atoms with Gasteiger partial charge in [0.15, 0.2) is 0 Å². The monoisotopic (exact) mass is 309 g/mol. The number of fused-ring (bicyclic) bond motifs is 3. The molecule has 0 unspecified atom stereocenters. The van der Waals surface area contributed by atoms with Gasteiger partial charge in [-0.05, 0) is 30.2 Å². The number of esters is 1. The lowest BCUT2D eigenvalue weighted by molar-refractivity contribution is -0.141. The molecule has 18 heavy (non-hydrogen) atoms. The lowest BCUT2D eigenvalue weighted by atomic mass is 9.98. The Labute approximate surface area is 113 Å². The maximum atomic E-state index is 12.3. The molecular weight excluding hydrogens is 298 g/mol. The van der Waals surface area contributed by atoms with E-state index in [2.05, 4.69) is 20.7 Å². The third-order valence-electron chi connectivity index (χ3n) is 3.59. The highest BCUT2D eigenvalue weighted by Crippen LogP contribution is 2.50. The van der Waals surface area contributed by atoms with E-state index in [1.54, 1.807) is 4.90 Å². The molecule has 5 heteroatoms. The molecular formula is C13H12BrNO3. The number of ether oxygens (including phenoxy) is 1. The van der Waals surface area contributed by atoms with Crippen LogP contribution in [0.25, 0.3) is 0 Å². The van der Waals surface area contributed by atoms with E-state index in [1.165, 1.54) is 7.11 Å². The number of nitrogens with zero attached hydrogens (tertiary/aromatic N) is 1. The summed E-state index contributed by atoms with van der Waals surface area (Å²) < 4.78 is 5.62. The number of carbonyl (C=O) groups excluding carboxylic acids is 2. The lowest BCUT2D eigenvalue weighted by Crippen LogP contribution is -2.41. The van der Waals surface area contributed by atoms with E-state index < -0.39 is 0 Å². The molecule has 0 bridgehead atoms.